The minimum atomic E-state index is 0. The SMILES string of the molecule is CCN(CCCCCCNc1ccnc2cc(Cl)ccc12)C[C]1[CH][CH][CH][CH]1.[CH]1[CH][CH][CH][CH]1.[Fe+2]. The Labute approximate surface area is 217 Å². The maximum Gasteiger partial charge on any atom is 2.00 e. The largest absolute Gasteiger partial charge is 2.00 e. The van der Waals surface area contributed by atoms with Crippen molar-refractivity contribution in [1.29, 1.82) is 0 Å². The Morgan fingerprint density at radius 2 is 1.58 bits per heavy atom. The predicted octanol–water partition coefficient (Wildman–Crippen LogP) is 6.61. The zero-order valence-electron chi connectivity index (χ0n) is 19.4. The molecule has 1 aromatic heterocycles. The first-order valence-corrected chi connectivity index (χ1v) is 12.0. The van der Waals surface area contributed by atoms with Crippen molar-refractivity contribution in [2.24, 2.45) is 0 Å². The minimum absolute atomic E-state index is 0. The van der Waals surface area contributed by atoms with E-state index in [0.29, 0.717) is 0 Å². The average Bonchev–Trinajstić information content (AvgIpc) is 3.54. The Balaban J connectivity index is 0.000000568. The van der Waals surface area contributed by atoms with Crippen LogP contribution in [0.3, 0.4) is 0 Å². The van der Waals surface area contributed by atoms with Gasteiger partial charge in [-0.25, -0.2) is 0 Å². The zero-order valence-corrected chi connectivity index (χ0v) is 21.2. The van der Waals surface area contributed by atoms with Crippen LogP contribution in [0.25, 0.3) is 10.9 Å². The fraction of sp³-hybridized carbons (Fsp3) is 0.321. The van der Waals surface area contributed by atoms with Gasteiger partial charge in [0.05, 0.1) is 5.52 Å². The maximum absolute atomic E-state index is 6.05. The first-order chi connectivity index (χ1) is 15.8. The van der Waals surface area contributed by atoms with E-state index in [1.54, 1.807) is 0 Å². The standard InChI is InChI=1S/C23H29ClN3.C5H5.Fe/c1-2-27(18-19-9-5-6-10-19)16-8-4-3-7-14-25-22-13-15-26-23-17-20(24)11-12-21(22)23;1-2-4-5-3-1;/h5-6,9-13,15,17H,2-4,7-8,14,16,18H2,1H3,(H,25,26);1-5H;/q;;+2. The Morgan fingerprint density at radius 3 is 2.27 bits per heavy atom. The van der Waals surface area contributed by atoms with Gasteiger partial charge in [-0.2, -0.15) is 0 Å². The predicted molar refractivity (Wildman–Crippen MR) is 138 cm³/mol. The summed E-state index contributed by atoms with van der Waals surface area (Å²) in [5.74, 6) is 1.42. The molecule has 5 heteroatoms. The zero-order chi connectivity index (χ0) is 22.4. The summed E-state index contributed by atoms with van der Waals surface area (Å²) in [7, 11) is 0. The number of hydrogen-bond acceptors (Lipinski definition) is 3. The summed E-state index contributed by atoms with van der Waals surface area (Å²) < 4.78 is 0. The van der Waals surface area contributed by atoms with E-state index in [2.05, 4.69) is 47.8 Å². The number of nitrogens with zero attached hydrogens (tertiary/aromatic N) is 2. The van der Waals surface area contributed by atoms with Gasteiger partial charge in [0.1, 0.15) is 0 Å². The summed E-state index contributed by atoms with van der Waals surface area (Å²) in [6, 6.07) is 7.92. The molecule has 33 heavy (non-hydrogen) atoms. The van der Waals surface area contributed by atoms with Gasteiger partial charge in [0.2, 0.25) is 0 Å². The Bertz CT molecular complexity index is 767. The summed E-state index contributed by atoms with van der Waals surface area (Å²) in [6.07, 6.45) is 25.5. The van der Waals surface area contributed by atoms with E-state index in [-0.39, 0.29) is 17.1 Å². The molecule has 0 spiro atoms. The number of hydrogen-bond donors (Lipinski definition) is 1. The second-order valence-corrected chi connectivity index (χ2v) is 8.42. The van der Waals surface area contributed by atoms with Crippen LogP contribution in [-0.4, -0.2) is 36.1 Å². The number of fused-ring (bicyclic) bond motifs is 1. The molecule has 1 N–H and O–H groups in total. The first kappa shape index (κ1) is 28.4. The monoisotopic (exact) mass is 503 g/mol. The molecule has 1 aromatic carbocycles. The molecule has 10 radical (unpaired) electrons. The molecule has 2 aliphatic rings. The number of rotatable bonds is 11. The van der Waals surface area contributed by atoms with E-state index in [0.717, 1.165) is 41.2 Å². The summed E-state index contributed by atoms with van der Waals surface area (Å²) >= 11 is 6.05. The second-order valence-electron chi connectivity index (χ2n) is 7.99. The summed E-state index contributed by atoms with van der Waals surface area (Å²) in [6.45, 7) is 6.62. The maximum atomic E-state index is 6.05. The summed E-state index contributed by atoms with van der Waals surface area (Å²) in [5.41, 5.74) is 2.08. The number of nitrogens with one attached hydrogen (secondary N) is 1. The van der Waals surface area contributed by atoms with Crippen LogP contribution in [0.15, 0.2) is 30.5 Å². The number of halogens is 1. The number of pyridine rings is 1. The van der Waals surface area contributed by atoms with Crippen molar-refractivity contribution in [2.45, 2.75) is 32.6 Å². The second kappa shape index (κ2) is 16.8. The van der Waals surface area contributed by atoms with Crippen molar-refractivity contribution in [3.63, 3.8) is 0 Å². The van der Waals surface area contributed by atoms with E-state index in [1.807, 2.05) is 62.6 Å². The number of aromatic nitrogens is 1. The third-order valence-corrected chi connectivity index (χ3v) is 5.80. The molecule has 0 unspecified atom stereocenters. The molecule has 0 aliphatic heterocycles. The van der Waals surface area contributed by atoms with Crippen molar-refractivity contribution < 1.29 is 17.1 Å². The molecule has 2 aromatic rings. The van der Waals surface area contributed by atoms with E-state index in [4.69, 9.17) is 11.6 Å². The molecule has 4 rings (SSSR count). The fourth-order valence-electron chi connectivity index (χ4n) is 3.76. The third kappa shape index (κ3) is 10.6. The van der Waals surface area contributed by atoms with Crippen LogP contribution in [0.5, 0.6) is 0 Å². The molecule has 0 amide bonds. The molecule has 0 atom stereocenters. The first-order valence-electron chi connectivity index (χ1n) is 11.6. The molecular formula is C28H34ClFeN3+2. The van der Waals surface area contributed by atoms with E-state index < -0.39 is 0 Å². The Kier molecular flexibility index (Phi) is 14.4. The van der Waals surface area contributed by atoms with Gasteiger partial charge < -0.3 is 10.2 Å². The average molecular weight is 504 g/mol. The van der Waals surface area contributed by atoms with Crippen LogP contribution in [0, 0.1) is 63.7 Å². The number of unbranched alkanes of at least 4 members (excludes halogenated alkanes) is 3. The number of anilines is 1. The molecule has 2 aliphatic carbocycles. The molecule has 2 saturated carbocycles. The minimum Gasteiger partial charge on any atom is -0.384 e. The van der Waals surface area contributed by atoms with Crippen molar-refractivity contribution in [3.8, 4) is 0 Å². The van der Waals surface area contributed by atoms with E-state index in [1.165, 1.54) is 38.1 Å². The summed E-state index contributed by atoms with van der Waals surface area (Å²) in [5, 5.41) is 5.41. The third-order valence-electron chi connectivity index (χ3n) is 5.56. The van der Waals surface area contributed by atoms with Crippen molar-refractivity contribution >= 4 is 28.2 Å². The quantitative estimate of drug-likeness (QED) is 0.276. The Morgan fingerprint density at radius 1 is 0.879 bits per heavy atom. The van der Waals surface area contributed by atoms with Crippen molar-refractivity contribution in [1.82, 2.24) is 9.88 Å². The molecule has 2 fully saturated rings. The van der Waals surface area contributed by atoms with Gasteiger partial charge >= 0.3 is 17.1 Å². The summed E-state index contributed by atoms with van der Waals surface area (Å²) in [4.78, 5) is 6.92. The molecule has 0 saturated heterocycles. The van der Waals surface area contributed by atoms with Crippen LogP contribution in [0.1, 0.15) is 32.6 Å². The normalized spacial score (nSPS) is 16.0. The topological polar surface area (TPSA) is 28.2 Å². The van der Waals surface area contributed by atoms with Crippen LogP contribution >= 0.6 is 11.6 Å². The van der Waals surface area contributed by atoms with Gasteiger partial charge in [0.25, 0.3) is 0 Å². The van der Waals surface area contributed by atoms with Gasteiger partial charge in [-0.05, 0) is 114 Å². The molecule has 174 valence electrons. The van der Waals surface area contributed by atoms with Crippen LogP contribution < -0.4 is 5.32 Å². The van der Waals surface area contributed by atoms with E-state index >= 15 is 0 Å². The van der Waals surface area contributed by atoms with Crippen LogP contribution in [0.4, 0.5) is 5.69 Å². The van der Waals surface area contributed by atoms with Gasteiger partial charge in [-0.3, -0.25) is 4.98 Å². The van der Waals surface area contributed by atoms with Crippen LogP contribution in [0.2, 0.25) is 5.02 Å². The van der Waals surface area contributed by atoms with Gasteiger partial charge in [0, 0.05) is 35.4 Å². The fourth-order valence-corrected chi connectivity index (χ4v) is 3.93. The molecule has 3 nitrogen and oxygen atoms in total. The van der Waals surface area contributed by atoms with E-state index in [9.17, 15) is 0 Å². The molecule has 1 heterocycles. The number of benzene rings is 1. The van der Waals surface area contributed by atoms with Crippen LogP contribution in [-0.2, 0) is 17.1 Å². The van der Waals surface area contributed by atoms with Gasteiger partial charge in [0.15, 0.2) is 0 Å². The Hall–Kier alpha value is -0.801. The van der Waals surface area contributed by atoms with Crippen molar-refractivity contribution in [2.75, 3.05) is 31.5 Å². The smallest absolute Gasteiger partial charge is 0.384 e. The van der Waals surface area contributed by atoms with Gasteiger partial charge in [-0.1, -0.05) is 31.4 Å². The molecule has 0 bridgehead atoms. The van der Waals surface area contributed by atoms with Gasteiger partial charge in [-0.15, -0.1) is 0 Å². The van der Waals surface area contributed by atoms with Crippen molar-refractivity contribution in [3.05, 3.63) is 99.2 Å². The molecular weight excluding hydrogens is 470 g/mol.